The Morgan fingerprint density at radius 3 is 2.78 bits per heavy atom. The fourth-order valence-electron chi connectivity index (χ4n) is 4.60. The van der Waals surface area contributed by atoms with Gasteiger partial charge < -0.3 is 19.5 Å². The Morgan fingerprint density at radius 1 is 1.33 bits per heavy atom. The van der Waals surface area contributed by atoms with E-state index in [0.717, 1.165) is 45.3 Å². The zero-order valence-electron chi connectivity index (χ0n) is 17.5. The van der Waals surface area contributed by atoms with Crippen molar-refractivity contribution in [2.45, 2.75) is 96.1 Å². The van der Waals surface area contributed by atoms with Gasteiger partial charge in [0, 0.05) is 5.92 Å². The van der Waals surface area contributed by atoms with Gasteiger partial charge >= 0.3 is 5.97 Å². The van der Waals surface area contributed by atoms with Crippen LogP contribution in [0, 0.1) is 5.92 Å². The molecule has 1 saturated carbocycles. The zero-order valence-corrected chi connectivity index (χ0v) is 17.5. The van der Waals surface area contributed by atoms with Gasteiger partial charge in [-0.1, -0.05) is 31.4 Å². The number of ether oxygens (including phenoxy) is 3. The van der Waals surface area contributed by atoms with Gasteiger partial charge in [-0.2, -0.15) is 0 Å². The first-order valence-electron chi connectivity index (χ1n) is 10.7. The Bertz CT molecular complexity index is 553. The van der Waals surface area contributed by atoms with E-state index in [0.29, 0.717) is 12.5 Å². The van der Waals surface area contributed by atoms with Crippen molar-refractivity contribution in [2.75, 3.05) is 19.7 Å². The smallest absolute Gasteiger partial charge is 0.320 e. The van der Waals surface area contributed by atoms with Crippen molar-refractivity contribution < 1.29 is 19.0 Å². The highest BCUT2D eigenvalue weighted by Gasteiger charge is 2.68. The van der Waals surface area contributed by atoms with Gasteiger partial charge in [-0.25, -0.2) is 0 Å². The molecule has 1 N–H and O–H groups in total. The lowest BCUT2D eigenvalue weighted by Gasteiger charge is -2.36. The maximum absolute atomic E-state index is 12.2. The number of hydrogen-bond acceptors (Lipinski definition) is 5. The standard InChI is InChI=1S/C22H37NO4/c1-5-6-7-12-23-14-20(24)26-17-10-11-22(15-25-22)18(13-17)21(4)19(27-21)9-8-16(2)3/h8,17-19,23H,5-7,9-15H2,1-4H3/t17-,18?,19-,21-,22+/m1/s1. The third kappa shape index (κ3) is 5.12. The molecule has 2 saturated heterocycles. The molecule has 27 heavy (non-hydrogen) atoms. The number of esters is 1. The molecule has 3 rings (SSSR count). The Kier molecular flexibility index (Phi) is 6.65. The lowest BCUT2D eigenvalue weighted by molar-refractivity contribution is -0.152. The monoisotopic (exact) mass is 379 g/mol. The van der Waals surface area contributed by atoms with Crippen LogP contribution in [0.3, 0.4) is 0 Å². The summed E-state index contributed by atoms with van der Waals surface area (Å²) in [7, 11) is 0. The number of carbonyl (C=O) groups excluding carboxylic acids is 1. The molecule has 5 nitrogen and oxygen atoms in total. The van der Waals surface area contributed by atoms with Gasteiger partial charge in [0.1, 0.15) is 6.10 Å². The van der Waals surface area contributed by atoms with Crippen molar-refractivity contribution in [3.8, 4) is 0 Å². The van der Waals surface area contributed by atoms with E-state index in [1.165, 1.54) is 18.4 Å². The van der Waals surface area contributed by atoms with E-state index < -0.39 is 0 Å². The van der Waals surface area contributed by atoms with Gasteiger partial charge in [0.05, 0.1) is 30.5 Å². The summed E-state index contributed by atoms with van der Waals surface area (Å²) in [6, 6.07) is 0. The number of unbranched alkanes of at least 4 members (excludes halogenated alkanes) is 2. The van der Waals surface area contributed by atoms with Crippen molar-refractivity contribution in [1.29, 1.82) is 0 Å². The fraction of sp³-hybridized carbons (Fsp3) is 0.864. The van der Waals surface area contributed by atoms with Crippen molar-refractivity contribution in [2.24, 2.45) is 5.92 Å². The summed E-state index contributed by atoms with van der Waals surface area (Å²) in [6.07, 6.45) is 9.66. The third-order valence-corrected chi connectivity index (χ3v) is 6.47. The molecule has 0 amide bonds. The van der Waals surface area contributed by atoms with Crippen molar-refractivity contribution >= 4 is 5.97 Å². The Hall–Kier alpha value is -0.910. The second-order valence-electron chi connectivity index (χ2n) is 8.98. The predicted octanol–water partition coefficient (Wildman–Crippen LogP) is 3.76. The lowest BCUT2D eigenvalue weighted by atomic mass is 9.70. The SMILES string of the molecule is CCCCCNCC(=O)O[C@@H]1CC[C@]2(CO2)C([C@@]2(C)O[C@@H]2CC=C(C)C)C1. The van der Waals surface area contributed by atoms with Crippen LogP contribution in [-0.2, 0) is 19.0 Å². The fourth-order valence-corrected chi connectivity index (χ4v) is 4.60. The minimum absolute atomic E-state index is 0.0140. The first-order chi connectivity index (χ1) is 12.9. The van der Waals surface area contributed by atoms with Gasteiger partial charge in [-0.05, 0) is 59.4 Å². The van der Waals surface area contributed by atoms with Gasteiger partial charge in [0.25, 0.3) is 0 Å². The first kappa shape index (κ1) is 20.8. The maximum Gasteiger partial charge on any atom is 0.320 e. The molecule has 1 unspecified atom stereocenters. The predicted molar refractivity (Wildman–Crippen MR) is 106 cm³/mol. The summed E-state index contributed by atoms with van der Waals surface area (Å²) < 4.78 is 17.8. The summed E-state index contributed by atoms with van der Waals surface area (Å²) >= 11 is 0. The van der Waals surface area contributed by atoms with E-state index in [1.807, 2.05) is 0 Å². The highest BCUT2D eigenvalue weighted by molar-refractivity contribution is 5.71. The molecule has 1 spiro atoms. The van der Waals surface area contributed by atoms with Crippen LogP contribution in [-0.4, -0.2) is 49.1 Å². The molecule has 2 heterocycles. The average Bonchev–Trinajstić information content (AvgIpc) is 3.53. The zero-order chi connectivity index (χ0) is 19.5. The number of nitrogens with one attached hydrogen (secondary N) is 1. The summed E-state index contributed by atoms with van der Waals surface area (Å²) in [5.74, 6) is 0.176. The van der Waals surface area contributed by atoms with E-state index in [2.05, 4.69) is 39.1 Å². The second kappa shape index (κ2) is 8.62. The van der Waals surface area contributed by atoms with E-state index in [-0.39, 0.29) is 29.4 Å². The van der Waals surface area contributed by atoms with E-state index >= 15 is 0 Å². The van der Waals surface area contributed by atoms with Gasteiger partial charge in [0.15, 0.2) is 0 Å². The van der Waals surface area contributed by atoms with Gasteiger partial charge in [-0.3, -0.25) is 4.79 Å². The van der Waals surface area contributed by atoms with Crippen LogP contribution in [0.25, 0.3) is 0 Å². The average molecular weight is 380 g/mol. The summed E-state index contributed by atoms with van der Waals surface area (Å²) in [6.45, 7) is 10.7. The van der Waals surface area contributed by atoms with Crippen LogP contribution in [0.1, 0.15) is 72.6 Å². The molecule has 3 aliphatic rings. The van der Waals surface area contributed by atoms with Crippen LogP contribution in [0.5, 0.6) is 0 Å². The number of hydrogen-bond donors (Lipinski definition) is 1. The molecule has 2 aliphatic heterocycles. The normalized spacial score (nSPS) is 37.1. The van der Waals surface area contributed by atoms with Crippen molar-refractivity contribution in [3.05, 3.63) is 11.6 Å². The maximum atomic E-state index is 12.2. The van der Waals surface area contributed by atoms with Gasteiger partial charge in [0.2, 0.25) is 0 Å². The van der Waals surface area contributed by atoms with E-state index in [4.69, 9.17) is 14.2 Å². The molecule has 154 valence electrons. The minimum Gasteiger partial charge on any atom is -0.461 e. The summed E-state index contributed by atoms with van der Waals surface area (Å²) in [4.78, 5) is 12.2. The summed E-state index contributed by atoms with van der Waals surface area (Å²) in [5, 5.41) is 3.20. The Morgan fingerprint density at radius 2 is 2.11 bits per heavy atom. The largest absolute Gasteiger partial charge is 0.461 e. The molecule has 5 atom stereocenters. The molecular weight excluding hydrogens is 342 g/mol. The number of epoxide rings is 2. The van der Waals surface area contributed by atoms with Crippen LogP contribution in [0.4, 0.5) is 0 Å². The Balaban J connectivity index is 1.48. The van der Waals surface area contributed by atoms with Crippen LogP contribution in [0.15, 0.2) is 11.6 Å². The molecular formula is C22H37NO4. The highest BCUT2D eigenvalue weighted by atomic mass is 16.6. The summed E-state index contributed by atoms with van der Waals surface area (Å²) in [5.41, 5.74) is 1.15. The first-order valence-corrected chi connectivity index (χ1v) is 10.7. The molecule has 0 aromatic carbocycles. The quantitative estimate of drug-likeness (QED) is 0.271. The van der Waals surface area contributed by atoms with E-state index in [1.54, 1.807) is 0 Å². The van der Waals surface area contributed by atoms with Crippen molar-refractivity contribution in [1.82, 2.24) is 5.32 Å². The highest BCUT2D eigenvalue weighted by Crippen LogP contribution is 2.59. The number of rotatable bonds is 10. The van der Waals surface area contributed by atoms with Crippen molar-refractivity contribution in [3.63, 3.8) is 0 Å². The lowest BCUT2D eigenvalue weighted by Crippen LogP contribution is -2.45. The molecule has 3 fully saturated rings. The molecule has 0 aromatic heterocycles. The van der Waals surface area contributed by atoms with Crippen LogP contribution < -0.4 is 5.32 Å². The number of allylic oxidation sites excluding steroid dienone is 1. The molecule has 0 aromatic rings. The minimum atomic E-state index is -0.147. The number of carbonyl (C=O) groups is 1. The van der Waals surface area contributed by atoms with Crippen LogP contribution in [0.2, 0.25) is 0 Å². The third-order valence-electron chi connectivity index (χ3n) is 6.47. The van der Waals surface area contributed by atoms with Crippen LogP contribution >= 0.6 is 0 Å². The topological polar surface area (TPSA) is 63.4 Å². The molecule has 5 heteroatoms. The molecule has 1 aliphatic carbocycles. The Labute approximate surface area is 164 Å². The second-order valence-corrected chi connectivity index (χ2v) is 8.98. The molecule has 0 radical (unpaired) electrons. The molecule has 0 bridgehead atoms. The van der Waals surface area contributed by atoms with Gasteiger partial charge in [-0.15, -0.1) is 0 Å². The van der Waals surface area contributed by atoms with E-state index in [9.17, 15) is 4.79 Å².